The lowest BCUT2D eigenvalue weighted by Crippen LogP contribution is -2.31. The van der Waals surface area contributed by atoms with E-state index in [1.807, 2.05) is 0 Å². The minimum atomic E-state index is -0.886. The van der Waals surface area contributed by atoms with Crippen LogP contribution in [0, 0.1) is 5.82 Å². The molecule has 1 aliphatic heterocycles. The van der Waals surface area contributed by atoms with Crippen molar-refractivity contribution in [1.29, 1.82) is 0 Å². The van der Waals surface area contributed by atoms with Gasteiger partial charge in [0.2, 0.25) is 0 Å². The van der Waals surface area contributed by atoms with Crippen molar-refractivity contribution in [2.75, 3.05) is 17.6 Å². The lowest BCUT2D eigenvalue weighted by molar-refractivity contribution is 0.102. The number of nitrogens with one attached hydrogen (secondary N) is 2. The molecule has 1 atom stereocenters. The first kappa shape index (κ1) is 21.3. The maximum Gasteiger partial charge on any atom is 0.273 e. The zero-order chi connectivity index (χ0) is 22.1. The van der Waals surface area contributed by atoms with Crippen molar-refractivity contribution >= 4 is 40.6 Å². The number of amides is 1. The van der Waals surface area contributed by atoms with Crippen LogP contribution >= 0.6 is 23.2 Å². The number of hydrogen-bond donors (Lipinski definition) is 3. The summed E-state index contributed by atoms with van der Waals surface area (Å²) in [7, 11) is 0. The van der Waals surface area contributed by atoms with Crippen LogP contribution in [-0.4, -0.2) is 22.0 Å². The van der Waals surface area contributed by atoms with E-state index in [0.717, 1.165) is 30.3 Å². The second-order valence-electron chi connectivity index (χ2n) is 7.06. The molecule has 160 valence electrons. The SMILES string of the molecule is Nc1ncn(-c2c(Cl)cccc2Cl)c(=O)c1C(=O)Nc1cccc([C@@H]2CCCN2)c1F. The first-order valence-corrected chi connectivity index (χ1v) is 10.3. The average molecular weight is 462 g/mol. The summed E-state index contributed by atoms with van der Waals surface area (Å²) < 4.78 is 16.1. The summed E-state index contributed by atoms with van der Waals surface area (Å²) in [6.07, 6.45) is 2.87. The minimum Gasteiger partial charge on any atom is -0.383 e. The molecule has 4 N–H and O–H groups in total. The molecule has 10 heteroatoms. The number of nitrogens with two attached hydrogens (primary N) is 1. The molecule has 0 radical (unpaired) electrons. The average Bonchev–Trinajstić information content (AvgIpc) is 3.25. The van der Waals surface area contributed by atoms with Crippen molar-refractivity contribution in [3.05, 3.63) is 80.1 Å². The molecule has 0 unspecified atom stereocenters. The van der Waals surface area contributed by atoms with Crippen LogP contribution in [0.25, 0.3) is 5.69 Å². The number of anilines is 2. The molecule has 31 heavy (non-hydrogen) atoms. The first-order chi connectivity index (χ1) is 14.9. The molecular formula is C21H18Cl2FN5O2. The zero-order valence-electron chi connectivity index (χ0n) is 16.2. The van der Waals surface area contributed by atoms with E-state index in [2.05, 4.69) is 15.6 Å². The third-order valence-electron chi connectivity index (χ3n) is 5.12. The van der Waals surface area contributed by atoms with Gasteiger partial charge in [-0.15, -0.1) is 0 Å². The molecule has 1 aromatic heterocycles. The van der Waals surface area contributed by atoms with Crippen LogP contribution in [0.5, 0.6) is 0 Å². The van der Waals surface area contributed by atoms with E-state index in [1.165, 1.54) is 6.07 Å². The van der Waals surface area contributed by atoms with Crippen LogP contribution in [0.3, 0.4) is 0 Å². The summed E-state index contributed by atoms with van der Waals surface area (Å²) in [4.78, 5) is 29.9. The van der Waals surface area contributed by atoms with Crippen molar-refractivity contribution in [3.63, 3.8) is 0 Å². The second-order valence-corrected chi connectivity index (χ2v) is 7.88. The topological polar surface area (TPSA) is 102 Å². The highest BCUT2D eigenvalue weighted by molar-refractivity contribution is 6.37. The lowest BCUT2D eigenvalue weighted by atomic mass is 10.0. The molecule has 0 aliphatic carbocycles. The Morgan fingerprint density at radius 1 is 1.23 bits per heavy atom. The van der Waals surface area contributed by atoms with Crippen LogP contribution in [0.4, 0.5) is 15.9 Å². The van der Waals surface area contributed by atoms with Gasteiger partial charge >= 0.3 is 0 Å². The van der Waals surface area contributed by atoms with Gasteiger partial charge < -0.3 is 16.4 Å². The monoisotopic (exact) mass is 461 g/mol. The van der Waals surface area contributed by atoms with Gasteiger partial charge in [-0.2, -0.15) is 0 Å². The summed E-state index contributed by atoms with van der Waals surface area (Å²) in [5.41, 5.74) is 5.15. The molecule has 1 amide bonds. The van der Waals surface area contributed by atoms with Crippen LogP contribution < -0.4 is 21.9 Å². The molecule has 2 aromatic carbocycles. The van der Waals surface area contributed by atoms with E-state index >= 15 is 4.39 Å². The number of aromatic nitrogens is 2. The fourth-order valence-corrected chi connectivity index (χ4v) is 4.19. The number of nitrogen functional groups attached to an aromatic ring is 1. The molecule has 2 heterocycles. The molecule has 7 nitrogen and oxygen atoms in total. The van der Waals surface area contributed by atoms with E-state index in [-0.39, 0.29) is 33.3 Å². The number of halogens is 3. The third kappa shape index (κ3) is 4.01. The lowest BCUT2D eigenvalue weighted by Gasteiger charge is -2.15. The summed E-state index contributed by atoms with van der Waals surface area (Å²) in [6, 6.07) is 9.31. The highest BCUT2D eigenvalue weighted by Gasteiger charge is 2.24. The molecule has 1 fully saturated rings. The van der Waals surface area contributed by atoms with Gasteiger partial charge in [-0.1, -0.05) is 41.4 Å². The van der Waals surface area contributed by atoms with E-state index in [9.17, 15) is 9.59 Å². The first-order valence-electron chi connectivity index (χ1n) is 9.53. The van der Waals surface area contributed by atoms with Crippen LogP contribution in [-0.2, 0) is 0 Å². The quantitative estimate of drug-likeness (QED) is 0.545. The fraction of sp³-hybridized carbons (Fsp3) is 0.190. The van der Waals surface area contributed by atoms with Gasteiger partial charge in [0.1, 0.15) is 17.7 Å². The van der Waals surface area contributed by atoms with Gasteiger partial charge in [-0.25, -0.2) is 9.37 Å². The van der Waals surface area contributed by atoms with Gasteiger partial charge in [0, 0.05) is 11.6 Å². The molecule has 0 bridgehead atoms. The number of para-hydroxylation sites is 1. The molecule has 4 rings (SSSR count). The summed E-state index contributed by atoms with van der Waals surface area (Å²) >= 11 is 12.4. The minimum absolute atomic E-state index is 0.0545. The van der Waals surface area contributed by atoms with Gasteiger partial charge in [-0.05, 0) is 37.6 Å². The van der Waals surface area contributed by atoms with Gasteiger partial charge in [0.15, 0.2) is 5.82 Å². The Labute approximate surface area is 187 Å². The Balaban J connectivity index is 1.72. The van der Waals surface area contributed by atoms with Crippen molar-refractivity contribution in [3.8, 4) is 5.69 Å². The predicted octanol–water partition coefficient (Wildman–Crippen LogP) is 3.94. The van der Waals surface area contributed by atoms with E-state index in [0.29, 0.717) is 5.56 Å². The van der Waals surface area contributed by atoms with Gasteiger partial charge in [0.05, 0.1) is 21.4 Å². The van der Waals surface area contributed by atoms with Crippen LogP contribution in [0.2, 0.25) is 10.0 Å². The van der Waals surface area contributed by atoms with Crippen LogP contribution in [0.15, 0.2) is 47.5 Å². The molecule has 1 aliphatic rings. The predicted molar refractivity (Wildman–Crippen MR) is 119 cm³/mol. The van der Waals surface area contributed by atoms with E-state index < -0.39 is 22.8 Å². The summed E-state index contributed by atoms with van der Waals surface area (Å²) in [6.45, 7) is 0.803. The number of rotatable bonds is 4. The molecule has 0 saturated carbocycles. The van der Waals surface area contributed by atoms with Crippen LogP contribution in [0.1, 0.15) is 34.8 Å². The third-order valence-corrected chi connectivity index (χ3v) is 5.73. The maximum atomic E-state index is 15.0. The zero-order valence-corrected chi connectivity index (χ0v) is 17.7. The van der Waals surface area contributed by atoms with Crippen molar-refractivity contribution < 1.29 is 9.18 Å². The van der Waals surface area contributed by atoms with Gasteiger partial charge in [-0.3, -0.25) is 14.2 Å². The largest absolute Gasteiger partial charge is 0.383 e. The Hall–Kier alpha value is -2.94. The Kier molecular flexibility index (Phi) is 5.95. The number of nitrogens with zero attached hydrogens (tertiary/aromatic N) is 2. The summed E-state index contributed by atoms with van der Waals surface area (Å²) in [5, 5.41) is 6.04. The molecule has 3 aromatic rings. The Morgan fingerprint density at radius 3 is 2.61 bits per heavy atom. The van der Waals surface area contributed by atoms with Crippen molar-refractivity contribution in [1.82, 2.24) is 14.9 Å². The smallest absolute Gasteiger partial charge is 0.273 e. The Morgan fingerprint density at radius 2 is 1.94 bits per heavy atom. The highest BCUT2D eigenvalue weighted by atomic mass is 35.5. The fourth-order valence-electron chi connectivity index (χ4n) is 3.61. The van der Waals surface area contributed by atoms with E-state index in [1.54, 1.807) is 30.3 Å². The normalized spacial score (nSPS) is 15.8. The number of carbonyl (C=O) groups excluding carboxylic acids is 1. The standard InChI is InChI=1S/C21H18Cl2FN5O2/c22-12-5-2-6-13(23)18(12)29-10-27-19(25)16(21(29)31)20(30)28-15-7-1-4-11(17(15)24)14-8-3-9-26-14/h1-2,4-7,10,14,26H,3,8-9,25H2,(H,28,30)/t14-/m0/s1. The van der Waals surface area contributed by atoms with E-state index in [4.69, 9.17) is 28.9 Å². The number of carbonyl (C=O) groups is 1. The van der Waals surface area contributed by atoms with Crippen molar-refractivity contribution in [2.24, 2.45) is 0 Å². The molecule has 0 spiro atoms. The van der Waals surface area contributed by atoms with Crippen molar-refractivity contribution in [2.45, 2.75) is 18.9 Å². The maximum absolute atomic E-state index is 15.0. The van der Waals surface area contributed by atoms with Gasteiger partial charge in [0.25, 0.3) is 11.5 Å². The summed E-state index contributed by atoms with van der Waals surface area (Å²) in [5.74, 6) is -1.74. The number of hydrogen-bond acceptors (Lipinski definition) is 5. The second kappa shape index (κ2) is 8.66. The molecule has 1 saturated heterocycles. The Bertz CT molecular complexity index is 1200. The highest BCUT2D eigenvalue weighted by Crippen LogP contribution is 2.30. The molecular weight excluding hydrogens is 444 g/mol. The number of benzene rings is 2.